The highest BCUT2D eigenvalue weighted by atomic mass is 16.5. The van der Waals surface area contributed by atoms with E-state index in [-0.39, 0.29) is 0 Å². The van der Waals surface area contributed by atoms with Crippen molar-refractivity contribution in [3.63, 3.8) is 0 Å². The van der Waals surface area contributed by atoms with Crippen molar-refractivity contribution in [2.24, 2.45) is 0 Å². The van der Waals surface area contributed by atoms with Crippen molar-refractivity contribution >= 4 is 16.7 Å². The van der Waals surface area contributed by atoms with E-state index in [2.05, 4.69) is 4.74 Å². The Bertz CT molecular complexity index is 843. The second-order valence-electron chi connectivity index (χ2n) is 5.44. The van der Waals surface area contributed by atoms with Crippen LogP contribution >= 0.6 is 0 Å². The lowest BCUT2D eigenvalue weighted by Gasteiger charge is -2.16. The lowest BCUT2D eigenvalue weighted by atomic mass is 10.0. The summed E-state index contributed by atoms with van der Waals surface area (Å²) < 4.78 is 10.5. The van der Waals surface area contributed by atoms with Crippen LogP contribution in [-0.2, 0) is 16.1 Å². The van der Waals surface area contributed by atoms with Crippen LogP contribution in [-0.4, -0.2) is 18.2 Å². The number of ether oxygens (including phenoxy) is 2. The van der Waals surface area contributed by atoms with Gasteiger partial charge in [-0.05, 0) is 28.5 Å². The van der Waals surface area contributed by atoms with Gasteiger partial charge in [0.1, 0.15) is 12.4 Å². The molecular formula is C20H18O4. The molecule has 4 heteroatoms. The molecule has 3 aromatic carbocycles. The molecule has 1 unspecified atom stereocenters. The topological polar surface area (TPSA) is 55.8 Å². The van der Waals surface area contributed by atoms with Gasteiger partial charge in [0.05, 0.1) is 7.11 Å². The normalized spacial score (nSPS) is 11.9. The number of rotatable bonds is 5. The summed E-state index contributed by atoms with van der Waals surface area (Å²) in [4.78, 5) is 11.7. The number of fused-ring (bicyclic) bond motifs is 1. The summed E-state index contributed by atoms with van der Waals surface area (Å²) in [5.41, 5.74) is 1.40. The Morgan fingerprint density at radius 2 is 1.62 bits per heavy atom. The number of benzene rings is 3. The lowest BCUT2D eigenvalue weighted by Crippen LogP contribution is -2.15. The Morgan fingerprint density at radius 1 is 1.00 bits per heavy atom. The lowest BCUT2D eigenvalue weighted by molar-refractivity contribution is -0.150. The number of carbonyl (C=O) groups is 1. The standard InChI is InChI=1S/C20H18O4/c1-23-20(22)19(21)17-11-15-9-5-6-10-16(15)12-18(17)24-13-14-7-3-2-4-8-14/h2-12,19,21H,13H2,1H3. The maximum absolute atomic E-state index is 11.7. The monoisotopic (exact) mass is 322 g/mol. The van der Waals surface area contributed by atoms with E-state index in [1.807, 2.05) is 60.7 Å². The second kappa shape index (κ2) is 7.15. The molecule has 0 saturated carbocycles. The summed E-state index contributed by atoms with van der Waals surface area (Å²) in [7, 11) is 1.25. The first kappa shape index (κ1) is 16.0. The molecule has 1 atom stereocenters. The van der Waals surface area contributed by atoms with Gasteiger partial charge in [-0.15, -0.1) is 0 Å². The van der Waals surface area contributed by atoms with E-state index < -0.39 is 12.1 Å². The van der Waals surface area contributed by atoms with Crippen molar-refractivity contribution in [2.75, 3.05) is 7.11 Å². The Balaban J connectivity index is 1.98. The number of hydrogen-bond donors (Lipinski definition) is 1. The van der Waals surface area contributed by atoms with Crippen LogP contribution < -0.4 is 4.74 Å². The zero-order chi connectivity index (χ0) is 16.9. The molecule has 0 radical (unpaired) electrons. The van der Waals surface area contributed by atoms with Crippen LogP contribution in [0, 0.1) is 0 Å². The van der Waals surface area contributed by atoms with E-state index >= 15 is 0 Å². The third-order valence-electron chi connectivity index (χ3n) is 3.83. The predicted molar refractivity (Wildman–Crippen MR) is 91.7 cm³/mol. The van der Waals surface area contributed by atoms with Crippen molar-refractivity contribution in [1.82, 2.24) is 0 Å². The molecule has 3 aromatic rings. The third kappa shape index (κ3) is 3.39. The molecule has 0 spiro atoms. The molecule has 0 heterocycles. The van der Waals surface area contributed by atoms with Crippen LogP contribution in [0.3, 0.4) is 0 Å². The van der Waals surface area contributed by atoms with Crippen molar-refractivity contribution in [1.29, 1.82) is 0 Å². The van der Waals surface area contributed by atoms with E-state index in [1.54, 1.807) is 6.07 Å². The summed E-state index contributed by atoms with van der Waals surface area (Å²) in [5.74, 6) is -0.245. The molecule has 0 aliphatic carbocycles. The summed E-state index contributed by atoms with van der Waals surface area (Å²) in [6.07, 6.45) is -1.38. The summed E-state index contributed by atoms with van der Waals surface area (Å²) in [5, 5.41) is 12.2. The molecule has 24 heavy (non-hydrogen) atoms. The van der Waals surface area contributed by atoms with Gasteiger partial charge in [0.2, 0.25) is 0 Å². The van der Waals surface area contributed by atoms with Gasteiger partial charge in [-0.2, -0.15) is 0 Å². The van der Waals surface area contributed by atoms with Gasteiger partial charge in [0.25, 0.3) is 0 Å². The van der Waals surface area contributed by atoms with Crippen LogP contribution in [0.2, 0.25) is 0 Å². The zero-order valence-electron chi connectivity index (χ0n) is 13.3. The van der Waals surface area contributed by atoms with Gasteiger partial charge < -0.3 is 14.6 Å². The number of hydrogen-bond acceptors (Lipinski definition) is 4. The Kier molecular flexibility index (Phi) is 4.77. The van der Waals surface area contributed by atoms with Gasteiger partial charge in [-0.3, -0.25) is 0 Å². The van der Waals surface area contributed by atoms with Crippen LogP contribution in [0.5, 0.6) is 5.75 Å². The van der Waals surface area contributed by atoms with Crippen LogP contribution in [0.1, 0.15) is 17.2 Å². The van der Waals surface area contributed by atoms with E-state index in [0.717, 1.165) is 16.3 Å². The number of aliphatic hydroxyl groups excluding tert-OH is 1. The number of methoxy groups -OCH3 is 1. The average Bonchev–Trinajstić information content (AvgIpc) is 2.65. The fourth-order valence-corrected chi connectivity index (χ4v) is 2.55. The smallest absolute Gasteiger partial charge is 0.339 e. The summed E-state index contributed by atoms with van der Waals surface area (Å²) in [6.45, 7) is 0.347. The molecule has 0 bridgehead atoms. The SMILES string of the molecule is COC(=O)C(O)c1cc2ccccc2cc1OCc1ccccc1. The first-order chi connectivity index (χ1) is 11.7. The van der Waals surface area contributed by atoms with Gasteiger partial charge in [-0.25, -0.2) is 4.79 Å². The first-order valence-electron chi connectivity index (χ1n) is 7.64. The van der Waals surface area contributed by atoms with E-state index in [9.17, 15) is 9.90 Å². The molecule has 0 amide bonds. The zero-order valence-corrected chi connectivity index (χ0v) is 13.3. The van der Waals surface area contributed by atoms with Gasteiger partial charge in [0.15, 0.2) is 6.10 Å². The highest BCUT2D eigenvalue weighted by molar-refractivity contribution is 5.87. The van der Waals surface area contributed by atoms with Crippen LogP contribution in [0.15, 0.2) is 66.7 Å². The van der Waals surface area contributed by atoms with Gasteiger partial charge in [0, 0.05) is 5.56 Å². The number of aliphatic hydroxyl groups is 1. The highest BCUT2D eigenvalue weighted by Gasteiger charge is 2.22. The van der Waals surface area contributed by atoms with E-state index in [1.165, 1.54) is 7.11 Å². The molecule has 4 nitrogen and oxygen atoms in total. The molecule has 122 valence electrons. The maximum atomic E-state index is 11.7. The largest absolute Gasteiger partial charge is 0.488 e. The maximum Gasteiger partial charge on any atom is 0.339 e. The van der Waals surface area contributed by atoms with E-state index in [0.29, 0.717) is 17.9 Å². The van der Waals surface area contributed by atoms with Crippen molar-refractivity contribution in [3.05, 3.63) is 77.9 Å². The van der Waals surface area contributed by atoms with Crippen molar-refractivity contribution < 1.29 is 19.4 Å². The molecular weight excluding hydrogens is 304 g/mol. The van der Waals surface area contributed by atoms with Crippen molar-refractivity contribution in [2.45, 2.75) is 12.7 Å². The Morgan fingerprint density at radius 3 is 2.29 bits per heavy atom. The first-order valence-corrected chi connectivity index (χ1v) is 7.64. The third-order valence-corrected chi connectivity index (χ3v) is 3.83. The second-order valence-corrected chi connectivity index (χ2v) is 5.44. The molecule has 1 N–H and O–H groups in total. The predicted octanol–water partition coefficient (Wildman–Crippen LogP) is 3.63. The quantitative estimate of drug-likeness (QED) is 0.729. The summed E-state index contributed by atoms with van der Waals surface area (Å²) in [6, 6.07) is 21.0. The number of carbonyl (C=O) groups excluding carboxylic acids is 1. The van der Waals surface area contributed by atoms with E-state index in [4.69, 9.17) is 4.74 Å². The molecule has 0 aromatic heterocycles. The minimum absolute atomic E-state index is 0.347. The molecule has 0 saturated heterocycles. The molecule has 0 fully saturated rings. The van der Waals surface area contributed by atoms with Crippen molar-refractivity contribution in [3.8, 4) is 5.75 Å². The fraction of sp³-hybridized carbons (Fsp3) is 0.150. The average molecular weight is 322 g/mol. The minimum Gasteiger partial charge on any atom is -0.488 e. The highest BCUT2D eigenvalue weighted by Crippen LogP contribution is 2.32. The van der Waals surface area contributed by atoms with Crippen LogP contribution in [0.4, 0.5) is 0 Å². The summed E-state index contributed by atoms with van der Waals surface area (Å²) >= 11 is 0. The van der Waals surface area contributed by atoms with Gasteiger partial charge in [-0.1, -0.05) is 54.6 Å². The van der Waals surface area contributed by atoms with Crippen LogP contribution in [0.25, 0.3) is 10.8 Å². The molecule has 0 aliphatic heterocycles. The Hall–Kier alpha value is -2.85. The molecule has 3 rings (SSSR count). The molecule has 0 aliphatic rings. The number of esters is 1. The van der Waals surface area contributed by atoms with Gasteiger partial charge >= 0.3 is 5.97 Å². The minimum atomic E-state index is -1.38. The fourth-order valence-electron chi connectivity index (χ4n) is 2.55. The Labute approximate surface area is 140 Å².